The van der Waals surface area contributed by atoms with E-state index < -0.39 is 5.97 Å². The van der Waals surface area contributed by atoms with Crippen molar-refractivity contribution in [3.63, 3.8) is 0 Å². The van der Waals surface area contributed by atoms with E-state index in [-0.39, 0.29) is 0 Å². The Balaban J connectivity index is 2.46. The van der Waals surface area contributed by atoms with E-state index in [2.05, 4.69) is 9.72 Å². The van der Waals surface area contributed by atoms with Gasteiger partial charge in [0.1, 0.15) is 0 Å². The van der Waals surface area contributed by atoms with E-state index in [0.29, 0.717) is 27.0 Å². The Kier molecular flexibility index (Phi) is 3.93. The standard InChI is InChI=1S/C13H10Cl2N2O2/c1-19-13(18)8-5-11(16)12(17-6-8)7-2-3-9(14)10(15)4-7/h2-6H,16H2,1H3. The Morgan fingerprint density at radius 1 is 1.26 bits per heavy atom. The van der Waals surface area contributed by atoms with Gasteiger partial charge in [-0.3, -0.25) is 4.98 Å². The molecule has 1 heterocycles. The van der Waals surface area contributed by atoms with Gasteiger partial charge < -0.3 is 10.5 Å². The van der Waals surface area contributed by atoms with Gasteiger partial charge in [-0.05, 0) is 18.2 Å². The number of hydrogen-bond donors (Lipinski definition) is 1. The number of carbonyl (C=O) groups is 1. The van der Waals surface area contributed by atoms with Crippen molar-refractivity contribution in [3.05, 3.63) is 46.1 Å². The fraction of sp³-hybridized carbons (Fsp3) is 0.0769. The summed E-state index contributed by atoms with van der Waals surface area (Å²) in [4.78, 5) is 15.5. The van der Waals surface area contributed by atoms with Crippen molar-refractivity contribution < 1.29 is 9.53 Å². The van der Waals surface area contributed by atoms with Crippen LogP contribution in [0.5, 0.6) is 0 Å². The van der Waals surface area contributed by atoms with Crippen LogP contribution in [0.1, 0.15) is 10.4 Å². The molecule has 1 aromatic carbocycles. The number of carbonyl (C=O) groups excluding carboxylic acids is 1. The van der Waals surface area contributed by atoms with Crippen LogP contribution in [-0.4, -0.2) is 18.1 Å². The zero-order valence-corrected chi connectivity index (χ0v) is 11.5. The number of methoxy groups -OCH3 is 1. The van der Waals surface area contributed by atoms with Crippen LogP contribution >= 0.6 is 23.2 Å². The summed E-state index contributed by atoms with van der Waals surface area (Å²) in [7, 11) is 1.30. The number of rotatable bonds is 2. The molecule has 0 saturated carbocycles. The number of nitrogens with zero attached hydrogens (tertiary/aromatic N) is 1. The Bertz CT molecular complexity index is 645. The third kappa shape index (κ3) is 2.80. The number of benzene rings is 1. The lowest BCUT2D eigenvalue weighted by Crippen LogP contribution is -2.04. The molecule has 6 heteroatoms. The summed E-state index contributed by atoms with van der Waals surface area (Å²) >= 11 is 11.8. The smallest absolute Gasteiger partial charge is 0.339 e. The van der Waals surface area contributed by atoms with Gasteiger partial charge in [0.05, 0.1) is 34.1 Å². The van der Waals surface area contributed by atoms with E-state index in [0.717, 1.165) is 5.56 Å². The predicted octanol–water partition coefficient (Wildman–Crippen LogP) is 3.42. The fourth-order valence-corrected chi connectivity index (χ4v) is 1.89. The van der Waals surface area contributed by atoms with Gasteiger partial charge in [0.15, 0.2) is 0 Å². The highest BCUT2D eigenvalue weighted by atomic mass is 35.5. The van der Waals surface area contributed by atoms with E-state index in [1.165, 1.54) is 19.4 Å². The highest BCUT2D eigenvalue weighted by Crippen LogP contribution is 2.30. The van der Waals surface area contributed by atoms with E-state index in [9.17, 15) is 4.79 Å². The molecule has 19 heavy (non-hydrogen) atoms. The number of nitrogen functional groups attached to an aromatic ring is 1. The lowest BCUT2D eigenvalue weighted by atomic mass is 10.1. The maximum atomic E-state index is 11.4. The molecule has 4 nitrogen and oxygen atoms in total. The van der Waals surface area contributed by atoms with Crippen LogP contribution in [0.4, 0.5) is 5.69 Å². The summed E-state index contributed by atoms with van der Waals surface area (Å²) < 4.78 is 4.60. The van der Waals surface area contributed by atoms with Gasteiger partial charge in [-0.2, -0.15) is 0 Å². The van der Waals surface area contributed by atoms with Crippen molar-refractivity contribution in [1.29, 1.82) is 0 Å². The van der Waals surface area contributed by atoms with Crippen LogP contribution in [0.2, 0.25) is 10.0 Å². The lowest BCUT2D eigenvalue weighted by Gasteiger charge is -2.07. The largest absolute Gasteiger partial charge is 0.465 e. The maximum absolute atomic E-state index is 11.4. The van der Waals surface area contributed by atoms with Crippen molar-refractivity contribution in [2.75, 3.05) is 12.8 Å². The molecule has 0 unspecified atom stereocenters. The highest BCUT2D eigenvalue weighted by molar-refractivity contribution is 6.42. The number of pyridine rings is 1. The number of anilines is 1. The van der Waals surface area contributed by atoms with E-state index in [4.69, 9.17) is 28.9 Å². The zero-order valence-electron chi connectivity index (χ0n) is 9.98. The Hall–Kier alpha value is -1.78. The van der Waals surface area contributed by atoms with Gasteiger partial charge in [-0.25, -0.2) is 4.79 Å². The molecule has 1 aromatic heterocycles. The molecule has 0 saturated heterocycles. The molecule has 98 valence electrons. The number of hydrogen-bond acceptors (Lipinski definition) is 4. The summed E-state index contributed by atoms with van der Waals surface area (Å²) in [6.45, 7) is 0. The van der Waals surface area contributed by atoms with Gasteiger partial charge in [-0.1, -0.05) is 29.3 Å². The number of ether oxygens (including phenoxy) is 1. The van der Waals surface area contributed by atoms with Gasteiger partial charge in [-0.15, -0.1) is 0 Å². The highest BCUT2D eigenvalue weighted by Gasteiger charge is 2.11. The van der Waals surface area contributed by atoms with Crippen molar-refractivity contribution in [2.45, 2.75) is 0 Å². The Morgan fingerprint density at radius 3 is 2.58 bits per heavy atom. The molecular formula is C13H10Cl2N2O2. The third-order valence-corrected chi connectivity index (χ3v) is 3.27. The molecule has 0 atom stereocenters. The summed E-state index contributed by atoms with van der Waals surface area (Å²) in [6.07, 6.45) is 1.40. The summed E-state index contributed by atoms with van der Waals surface area (Å²) in [5.41, 5.74) is 7.80. The average Bonchev–Trinajstić information content (AvgIpc) is 2.41. The monoisotopic (exact) mass is 296 g/mol. The van der Waals surface area contributed by atoms with E-state index in [1.54, 1.807) is 18.2 Å². The maximum Gasteiger partial charge on any atom is 0.339 e. The molecule has 0 bridgehead atoms. The van der Waals surface area contributed by atoms with Crippen molar-refractivity contribution in [1.82, 2.24) is 4.98 Å². The Morgan fingerprint density at radius 2 is 2.00 bits per heavy atom. The summed E-state index contributed by atoms with van der Waals surface area (Å²) in [5.74, 6) is -0.486. The first-order chi connectivity index (χ1) is 9.02. The molecule has 0 fully saturated rings. The lowest BCUT2D eigenvalue weighted by molar-refractivity contribution is 0.0600. The fourth-order valence-electron chi connectivity index (χ4n) is 1.60. The molecule has 0 aliphatic rings. The van der Waals surface area contributed by atoms with Crippen LogP contribution in [0.15, 0.2) is 30.5 Å². The quantitative estimate of drug-likeness (QED) is 0.862. The molecule has 0 aliphatic carbocycles. The van der Waals surface area contributed by atoms with Gasteiger partial charge in [0.2, 0.25) is 0 Å². The van der Waals surface area contributed by atoms with Gasteiger partial charge in [0.25, 0.3) is 0 Å². The zero-order chi connectivity index (χ0) is 14.0. The first-order valence-corrected chi connectivity index (χ1v) is 6.07. The second-order valence-electron chi connectivity index (χ2n) is 3.78. The molecule has 2 rings (SSSR count). The first kappa shape index (κ1) is 13.6. The second-order valence-corrected chi connectivity index (χ2v) is 4.60. The normalized spacial score (nSPS) is 10.3. The molecular weight excluding hydrogens is 287 g/mol. The molecule has 0 radical (unpaired) electrons. The van der Waals surface area contributed by atoms with E-state index in [1.807, 2.05) is 0 Å². The minimum atomic E-state index is -0.486. The predicted molar refractivity (Wildman–Crippen MR) is 75.4 cm³/mol. The summed E-state index contributed by atoms with van der Waals surface area (Å²) in [5, 5.41) is 0.868. The molecule has 0 aliphatic heterocycles. The van der Waals surface area contributed by atoms with E-state index >= 15 is 0 Å². The third-order valence-electron chi connectivity index (χ3n) is 2.53. The van der Waals surface area contributed by atoms with Crippen LogP contribution in [0, 0.1) is 0 Å². The number of aromatic nitrogens is 1. The number of esters is 1. The first-order valence-electron chi connectivity index (χ1n) is 5.32. The summed E-state index contributed by atoms with van der Waals surface area (Å²) in [6, 6.07) is 6.59. The van der Waals surface area contributed by atoms with Crippen molar-refractivity contribution in [3.8, 4) is 11.3 Å². The number of nitrogens with two attached hydrogens (primary N) is 1. The van der Waals surface area contributed by atoms with Crippen molar-refractivity contribution in [2.24, 2.45) is 0 Å². The average molecular weight is 297 g/mol. The van der Waals surface area contributed by atoms with Gasteiger partial charge in [0, 0.05) is 11.8 Å². The van der Waals surface area contributed by atoms with Crippen LogP contribution < -0.4 is 5.73 Å². The number of halogens is 2. The SMILES string of the molecule is COC(=O)c1cnc(-c2ccc(Cl)c(Cl)c2)c(N)c1. The van der Waals surface area contributed by atoms with Crippen molar-refractivity contribution >= 4 is 34.9 Å². The molecule has 0 spiro atoms. The van der Waals surface area contributed by atoms with Crippen LogP contribution in [0.3, 0.4) is 0 Å². The molecule has 0 amide bonds. The minimum Gasteiger partial charge on any atom is -0.465 e. The van der Waals surface area contributed by atoms with Crippen LogP contribution in [0.25, 0.3) is 11.3 Å². The molecule has 2 N–H and O–H groups in total. The topological polar surface area (TPSA) is 65.2 Å². The second kappa shape index (κ2) is 5.47. The Labute approximate surface area is 120 Å². The minimum absolute atomic E-state index is 0.295. The van der Waals surface area contributed by atoms with Gasteiger partial charge >= 0.3 is 5.97 Å². The van der Waals surface area contributed by atoms with Crippen LogP contribution in [-0.2, 0) is 4.74 Å². The molecule has 2 aromatic rings.